The maximum absolute atomic E-state index is 5.82. The Morgan fingerprint density at radius 1 is 1.18 bits per heavy atom. The summed E-state index contributed by atoms with van der Waals surface area (Å²) in [6.07, 6.45) is 6.80. The number of rotatable bonds is 5. The number of hydrogen-bond donors (Lipinski definition) is 2. The molecule has 3 N–H and O–H groups in total. The summed E-state index contributed by atoms with van der Waals surface area (Å²) in [6.45, 7) is 8.17. The van der Waals surface area contributed by atoms with Gasteiger partial charge in [0, 0.05) is 6.04 Å². The molecule has 2 aliphatic rings. The highest BCUT2D eigenvalue weighted by atomic mass is 15.1. The molecule has 100 valence electrons. The smallest absolute Gasteiger partial charge is 0.0107 e. The maximum atomic E-state index is 5.82. The zero-order valence-corrected chi connectivity index (χ0v) is 11.3. The van der Waals surface area contributed by atoms with Gasteiger partial charge >= 0.3 is 0 Å². The van der Waals surface area contributed by atoms with Crippen LogP contribution in [0.4, 0.5) is 0 Å². The summed E-state index contributed by atoms with van der Waals surface area (Å²) in [7, 11) is 0. The Morgan fingerprint density at radius 2 is 1.94 bits per heavy atom. The molecule has 1 aliphatic heterocycles. The first-order valence-electron chi connectivity index (χ1n) is 7.49. The van der Waals surface area contributed by atoms with E-state index in [0.29, 0.717) is 6.04 Å². The molecule has 2 rings (SSSR count). The molecule has 0 bridgehead atoms. The molecule has 1 aliphatic carbocycles. The topological polar surface area (TPSA) is 41.3 Å². The van der Waals surface area contributed by atoms with Crippen LogP contribution in [0.5, 0.6) is 0 Å². The number of nitrogens with zero attached hydrogens (tertiary/aromatic N) is 1. The minimum atomic E-state index is 0.712. The van der Waals surface area contributed by atoms with Crippen LogP contribution in [0, 0.1) is 11.8 Å². The minimum absolute atomic E-state index is 0.712. The predicted molar refractivity (Wildman–Crippen MR) is 73.0 cm³/mol. The molecule has 0 aromatic carbocycles. The average Bonchev–Trinajstić information content (AvgIpc) is 2.84. The second-order valence-electron chi connectivity index (χ2n) is 5.82. The van der Waals surface area contributed by atoms with E-state index in [9.17, 15) is 0 Å². The van der Waals surface area contributed by atoms with Crippen molar-refractivity contribution >= 4 is 0 Å². The highest BCUT2D eigenvalue weighted by Crippen LogP contribution is 2.25. The van der Waals surface area contributed by atoms with Crippen LogP contribution in [0.1, 0.15) is 39.0 Å². The fourth-order valence-electron chi connectivity index (χ4n) is 3.41. The summed E-state index contributed by atoms with van der Waals surface area (Å²) in [6, 6.07) is 0.712. The van der Waals surface area contributed by atoms with E-state index in [0.717, 1.165) is 18.4 Å². The fraction of sp³-hybridized carbons (Fsp3) is 1.00. The van der Waals surface area contributed by atoms with Gasteiger partial charge in [-0.15, -0.1) is 0 Å². The van der Waals surface area contributed by atoms with Gasteiger partial charge in [0.15, 0.2) is 0 Å². The molecule has 2 fully saturated rings. The lowest BCUT2D eigenvalue weighted by molar-refractivity contribution is 0.185. The summed E-state index contributed by atoms with van der Waals surface area (Å²) in [5.74, 6) is 1.64. The standard InChI is InChI=1S/C14H29N3/c1-2-17-8-6-12(7-9-17)11-16-14-5-3-4-13(14)10-15/h12-14,16H,2-11,15H2,1H3. The molecular weight excluding hydrogens is 210 g/mol. The van der Waals surface area contributed by atoms with Gasteiger partial charge in [-0.2, -0.15) is 0 Å². The van der Waals surface area contributed by atoms with Crippen LogP contribution < -0.4 is 11.1 Å². The van der Waals surface area contributed by atoms with Gasteiger partial charge in [0.2, 0.25) is 0 Å². The van der Waals surface area contributed by atoms with Crippen molar-refractivity contribution in [1.29, 1.82) is 0 Å². The van der Waals surface area contributed by atoms with Crippen LogP contribution in [0.3, 0.4) is 0 Å². The zero-order chi connectivity index (χ0) is 12.1. The molecule has 0 radical (unpaired) electrons. The fourth-order valence-corrected chi connectivity index (χ4v) is 3.41. The van der Waals surface area contributed by atoms with Crippen molar-refractivity contribution in [2.75, 3.05) is 32.7 Å². The third-order valence-electron chi connectivity index (χ3n) is 4.78. The van der Waals surface area contributed by atoms with Gasteiger partial charge in [0.1, 0.15) is 0 Å². The second kappa shape index (κ2) is 6.72. The van der Waals surface area contributed by atoms with Gasteiger partial charge in [-0.05, 0) is 70.2 Å². The van der Waals surface area contributed by atoms with Crippen LogP contribution in [0.25, 0.3) is 0 Å². The lowest BCUT2D eigenvalue weighted by atomic mass is 9.95. The molecule has 0 spiro atoms. The zero-order valence-electron chi connectivity index (χ0n) is 11.3. The molecule has 3 nitrogen and oxygen atoms in total. The van der Waals surface area contributed by atoms with Crippen LogP contribution >= 0.6 is 0 Å². The van der Waals surface area contributed by atoms with Gasteiger partial charge < -0.3 is 16.0 Å². The number of likely N-dealkylation sites (tertiary alicyclic amines) is 1. The largest absolute Gasteiger partial charge is 0.330 e. The van der Waals surface area contributed by atoms with Crippen molar-refractivity contribution in [3.8, 4) is 0 Å². The molecule has 0 aromatic heterocycles. The van der Waals surface area contributed by atoms with E-state index in [-0.39, 0.29) is 0 Å². The highest BCUT2D eigenvalue weighted by Gasteiger charge is 2.26. The Morgan fingerprint density at radius 3 is 2.59 bits per heavy atom. The van der Waals surface area contributed by atoms with Crippen LogP contribution in [-0.4, -0.2) is 43.7 Å². The predicted octanol–water partition coefficient (Wildman–Crippen LogP) is 1.44. The number of nitrogens with two attached hydrogens (primary N) is 1. The Labute approximate surface area is 106 Å². The van der Waals surface area contributed by atoms with Gasteiger partial charge in [-0.25, -0.2) is 0 Å². The second-order valence-corrected chi connectivity index (χ2v) is 5.82. The minimum Gasteiger partial charge on any atom is -0.330 e. The quantitative estimate of drug-likeness (QED) is 0.763. The highest BCUT2D eigenvalue weighted by molar-refractivity contribution is 4.85. The normalized spacial score (nSPS) is 32.1. The monoisotopic (exact) mass is 239 g/mol. The molecular formula is C14H29N3. The Bertz CT molecular complexity index is 212. The molecule has 2 atom stereocenters. The SMILES string of the molecule is CCN1CCC(CNC2CCCC2CN)CC1. The van der Waals surface area contributed by atoms with Crippen LogP contribution in [-0.2, 0) is 0 Å². The van der Waals surface area contributed by atoms with E-state index in [2.05, 4.69) is 17.1 Å². The van der Waals surface area contributed by atoms with Gasteiger partial charge in [0.05, 0.1) is 0 Å². The Balaban J connectivity index is 1.65. The molecule has 0 amide bonds. The number of nitrogens with one attached hydrogen (secondary N) is 1. The number of hydrogen-bond acceptors (Lipinski definition) is 3. The van der Waals surface area contributed by atoms with Gasteiger partial charge in [0.25, 0.3) is 0 Å². The molecule has 1 saturated heterocycles. The third kappa shape index (κ3) is 3.67. The van der Waals surface area contributed by atoms with Crippen molar-refractivity contribution < 1.29 is 0 Å². The summed E-state index contributed by atoms with van der Waals surface area (Å²) in [5, 5.41) is 3.79. The van der Waals surface area contributed by atoms with E-state index in [1.807, 2.05) is 0 Å². The van der Waals surface area contributed by atoms with Crippen molar-refractivity contribution in [2.24, 2.45) is 17.6 Å². The van der Waals surface area contributed by atoms with Crippen molar-refractivity contribution in [1.82, 2.24) is 10.2 Å². The third-order valence-corrected chi connectivity index (χ3v) is 4.78. The summed E-state index contributed by atoms with van der Waals surface area (Å²) < 4.78 is 0. The average molecular weight is 239 g/mol. The van der Waals surface area contributed by atoms with Crippen molar-refractivity contribution in [2.45, 2.75) is 45.1 Å². The van der Waals surface area contributed by atoms with E-state index in [4.69, 9.17) is 5.73 Å². The van der Waals surface area contributed by atoms with Crippen LogP contribution in [0.15, 0.2) is 0 Å². The first kappa shape index (κ1) is 13.3. The Kier molecular flexibility index (Phi) is 5.26. The number of piperidine rings is 1. The van der Waals surface area contributed by atoms with Crippen molar-refractivity contribution in [3.05, 3.63) is 0 Å². The maximum Gasteiger partial charge on any atom is 0.0107 e. The van der Waals surface area contributed by atoms with Gasteiger partial charge in [-0.1, -0.05) is 13.3 Å². The molecule has 3 heteroatoms. The van der Waals surface area contributed by atoms with E-state index >= 15 is 0 Å². The summed E-state index contributed by atoms with van der Waals surface area (Å²) >= 11 is 0. The lowest BCUT2D eigenvalue weighted by Crippen LogP contribution is -2.42. The molecule has 17 heavy (non-hydrogen) atoms. The van der Waals surface area contributed by atoms with Crippen LogP contribution in [0.2, 0.25) is 0 Å². The summed E-state index contributed by atoms with van der Waals surface area (Å²) in [5.41, 5.74) is 5.82. The first-order valence-corrected chi connectivity index (χ1v) is 7.49. The van der Waals surface area contributed by atoms with Crippen molar-refractivity contribution in [3.63, 3.8) is 0 Å². The molecule has 2 unspecified atom stereocenters. The van der Waals surface area contributed by atoms with E-state index in [1.54, 1.807) is 0 Å². The summed E-state index contributed by atoms with van der Waals surface area (Å²) in [4.78, 5) is 2.56. The molecule has 1 saturated carbocycles. The van der Waals surface area contributed by atoms with E-state index < -0.39 is 0 Å². The Hall–Kier alpha value is -0.120. The lowest BCUT2D eigenvalue weighted by Gasteiger charge is -2.32. The molecule has 1 heterocycles. The molecule has 0 aromatic rings. The first-order chi connectivity index (χ1) is 8.33. The van der Waals surface area contributed by atoms with Gasteiger partial charge in [-0.3, -0.25) is 0 Å². The van der Waals surface area contributed by atoms with E-state index in [1.165, 1.54) is 58.3 Å².